The van der Waals surface area contributed by atoms with Crippen LogP contribution >= 0.6 is 0 Å². The average Bonchev–Trinajstić information content (AvgIpc) is 2.51. The van der Waals surface area contributed by atoms with Crippen LogP contribution in [0.3, 0.4) is 0 Å². The monoisotopic (exact) mass is 323 g/mol. The normalized spacial score (nSPS) is 13.1. The van der Waals surface area contributed by atoms with Crippen LogP contribution in [-0.4, -0.2) is 49.0 Å². The SMILES string of the molecule is COc1ccccc1CN(CCC(C)C)CC(O)COC(C)C. The van der Waals surface area contributed by atoms with Crippen molar-refractivity contribution in [3.8, 4) is 5.75 Å². The topological polar surface area (TPSA) is 41.9 Å². The Morgan fingerprint density at radius 3 is 2.43 bits per heavy atom. The van der Waals surface area contributed by atoms with Crippen LogP contribution in [0.15, 0.2) is 24.3 Å². The molecular weight excluding hydrogens is 290 g/mol. The first-order valence-electron chi connectivity index (χ1n) is 8.56. The molecular formula is C19H33NO3. The standard InChI is InChI=1S/C19H33NO3/c1-15(2)10-11-20(13-18(21)14-23-16(3)4)12-17-8-6-7-9-19(17)22-5/h6-9,15-16,18,21H,10-14H2,1-5H3. The Balaban J connectivity index is 2.67. The average molecular weight is 323 g/mol. The molecule has 4 nitrogen and oxygen atoms in total. The van der Waals surface area contributed by atoms with Gasteiger partial charge in [-0.3, -0.25) is 4.90 Å². The number of ether oxygens (including phenoxy) is 2. The van der Waals surface area contributed by atoms with Crippen molar-refractivity contribution in [3.05, 3.63) is 29.8 Å². The first-order valence-corrected chi connectivity index (χ1v) is 8.56. The lowest BCUT2D eigenvalue weighted by atomic mass is 10.1. The molecule has 1 atom stereocenters. The molecule has 0 aliphatic rings. The van der Waals surface area contributed by atoms with Crippen molar-refractivity contribution in [1.82, 2.24) is 4.90 Å². The molecule has 0 aliphatic heterocycles. The van der Waals surface area contributed by atoms with E-state index >= 15 is 0 Å². The molecule has 0 amide bonds. The lowest BCUT2D eigenvalue weighted by molar-refractivity contribution is -0.0100. The molecule has 0 heterocycles. The minimum Gasteiger partial charge on any atom is -0.496 e. The molecule has 0 saturated heterocycles. The zero-order chi connectivity index (χ0) is 17.2. The molecule has 1 aromatic carbocycles. The lowest BCUT2D eigenvalue weighted by Gasteiger charge is -2.27. The van der Waals surface area contributed by atoms with Crippen molar-refractivity contribution < 1.29 is 14.6 Å². The number of aliphatic hydroxyl groups is 1. The lowest BCUT2D eigenvalue weighted by Crippen LogP contribution is -2.36. The van der Waals surface area contributed by atoms with E-state index in [1.165, 1.54) is 0 Å². The number of nitrogens with zero attached hydrogens (tertiary/aromatic N) is 1. The summed E-state index contributed by atoms with van der Waals surface area (Å²) in [5.41, 5.74) is 1.15. The highest BCUT2D eigenvalue weighted by molar-refractivity contribution is 5.33. The van der Waals surface area contributed by atoms with Crippen LogP contribution in [0.1, 0.15) is 39.7 Å². The van der Waals surface area contributed by atoms with E-state index in [0.29, 0.717) is 19.1 Å². The molecule has 1 N–H and O–H groups in total. The summed E-state index contributed by atoms with van der Waals surface area (Å²) >= 11 is 0. The third kappa shape index (κ3) is 8.35. The number of aliphatic hydroxyl groups excluding tert-OH is 1. The maximum absolute atomic E-state index is 10.2. The molecule has 4 heteroatoms. The minimum absolute atomic E-state index is 0.142. The van der Waals surface area contributed by atoms with Crippen LogP contribution in [0.2, 0.25) is 0 Å². The van der Waals surface area contributed by atoms with Gasteiger partial charge in [-0.2, -0.15) is 0 Å². The largest absolute Gasteiger partial charge is 0.496 e. The number of methoxy groups -OCH3 is 1. The zero-order valence-electron chi connectivity index (χ0n) is 15.3. The minimum atomic E-state index is -0.473. The molecule has 0 aliphatic carbocycles. The van der Waals surface area contributed by atoms with Crippen molar-refractivity contribution in [1.29, 1.82) is 0 Å². The molecule has 0 saturated carbocycles. The first-order chi connectivity index (χ1) is 10.9. The second kappa shape index (κ2) is 10.6. The van der Waals surface area contributed by atoms with Gasteiger partial charge in [0, 0.05) is 18.7 Å². The number of benzene rings is 1. The maximum atomic E-state index is 10.2. The van der Waals surface area contributed by atoms with E-state index in [1.54, 1.807) is 7.11 Å². The van der Waals surface area contributed by atoms with Gasteiger partial charge in [0.2, 0.25) is 0 Å². The predicted molar refractivity (Wildman–Crippen MR) is 94.8 cm³/mol. The third-order valence-electron chi connectivity index (χ3n) is 3.70. The zero-order valence-corrected chi connectivity index (χ0v) is 15.3. The summed E-state index contributed by atoms with van der Waals surface area (Å²) in [7, 11) is 1.70. The van der Waals surface area contributed by atoms with Gasteiger partial charge in [0.05, 0.1) is 25.9 Å². The second-order valence-electron chi connectivity index (χ2n) is 6.77. The Kier molecular flexibility index (Phi) is 9.22. The Bertz CT molecular complexity index is 434. The Morgan fingerprint density at radius 1 is 1.13 bits per heavy atom. The van der Waals surface area contributed by atoms with Gasteiger partial charge >= 0.3 is 0 Å². The summed E-state index contributed by atoms with van der Waals surface area (Å²) in [6, 6.07) is 8.06. The Hall–Kier alpha value is -1.10. The summed E-state index contributed by atoms with van der Waals surface area (Å²) in [4.78, 5) is 2.28. The van der Waals surface area contributed by atoms with Gasteiger partial charge in [-0.1, -0.05) is 32.0 Å². The third-order valence-corrected chi connectivity index (χ3v) is 3.70. The van der Waals surface area contributed by atoms with Gasteiger partial charge in [-0.05, 0) is 38.8 Å². The van der Waals surface area contributed by atoms with E-state index < -0.39 is 6.10 Å². The summed E-state index contributed by atoms with van der Waals surface area (Å²) < 4.78 is 11.0. The number of hydrogen-bond acceptors (Lipinski definition) is 4. The molecule has 1 unspecified atom stereocenters. The first kappa shape index (κ1) is 19.9. The van der Waals surface area contributed by atoms with Crippen molar-refractivity contribution in [3.63, 3.8) is 0 Å². The van der Waals surface area contributed by atoms with Crippen LogP contribution < -0.4 is 4.74 Å². The second-order valence-corrected chi connectivity index (χ2v) is 6.77. The quantitative estimate of drug-likeness (QED) is 0.678. The molecule has 132 valence electrons. The fourth-order valence-electron chi connectivity index (χ4n) is 2.40. The molecule has 1 rings (SSSR count). The van der Waals surface area contributed by atoms with Gasteiger partial charge in [-0.25, -0.2) is 0 Å². The van der Waals surface area contributed by atoms with E-state index in [0.717, 1.165) is 30.8 Å². The highest BCUT2D eigenvalue weighted by Gasteiger charge is 2.15. The van der Waals surface area contributed by atoms with Gasteiger partial charge in [0.1, 0.15) is 5.75 Å². The van der Waals surface area contributed by atoms with Crippen LogP contribution in [0, 0.1) is 5.92 Å². The van der Waals surface area contributed by atoms with Crippen LogP contribution in [-0.2, 0) is 11.3 Å². The molecule has 0 fully saturated rings. The van der Waals surface area contributed by atoms with Crippen molar-refractivity contribution >= 4 is 0 Å². The molecule has 23 heavy (non-hydrogen) atoms. The summed E-state index contributed by atoms with van der Waals surface area (Å²) in [5, 5.41) is 10.2. The van der Waals surface area contributed by atoms with Crippen LogP contribution in [0.5, 0.6) is 5.75 Å². The van der Waals surface area contributed by atoms with E-state index in [9.17, 15) is 5.11 Å². The highest BCUT2D eigenvalue weighted by Crippen LogP contribution is 2.20. The number of hydrogen-bond donors (Lipinski definition) is 1. The van der Waals surface area contributed by atoms with Gasteiger partial charge in [0.15, 0.2) is 0 Å². The fourth-order valence-corrected chi connectivity index (χ4v) is 2.40. The summed E-state index contributed by atoms with van der Waals surface area (Å²) in [6.45, 7) is 11.1. The van der Waals surface area contributed by atoms with Gasteiger partial charge in [-0.15, -0.1) is 0 Å². The van der Waals surface area contributed by atoms with E-state index in [4.69, 9.17) is 9.47 Å². The molecule has 0 spiro atoms. The number of para-hydroxylation sites is 1. The van der Waals surface area contributed by atoms with E-state index in [-0.39, 0.29) is 6.10 Å². The van der Waals surface area contributed by atoms with Gasteiger partial charge < -0.3 is 14.6 Å². The summed E-state index contributed by atoms with van der Waals surface area (Å²) in [5.74, 6) is 1.54. The smallest absolute Gasteiger partial charge is 0.123 e. The molecule has 0 bridgehead atoms. The van der Waals surface area contributed by atoms with Crippen molar-refractivity contribution in [2.45, 2.75) is 52.9 Å². The van der Waals surface area contributed by atoms with Crippen LogP contribution in [0.4, 0.5) is 0 Å². The Labute approximate surface area is 141 Å². The van der Waals surface area contributed by atoms with E-state index in [1.807, 2.05) is 32.0 Å². The molecule has 0 radical (unpaired) electrons. The van der Waals surface area contributed by atoms with Crippen molar-refractivity contribution in [2.75, 3.05) is 26.8 Å². The summed E-state index contributed by atoms with van der Waals surface area (Å²) in [6.07, 6.45) is 0.773. The predicted octanol–water partition coefficient (Wildman–Crippen LogP) is 3.33. The van der Waals surface area contributed by atoms with Crippen LogP contribution in [0.25, 0.3) is 0 Å². The number of rotatable bonds is 11. The fraction of sp³-hybridized carbons (Fsp3) is 0.684. The highest BCUT2D eigenvalue weighted by atomic mass is 16.5. The van der Waals surface area contributed by atoms with Gasteiger partial charge in [0.25, 0.3) is 0 Å². The molecule has 1 aromatic rings. The van der Waals surface area contributed by atoms with E-state index in [2.05, 4.69) is 24.8 Å². The maximum Gasteiger partial charge on any atom is 0.123 e. The Morgan fingerprint density at radius 2 is 1.83 bits per heavy atom. The molecule has 0 aromatic heterocycles. The van der Waals surface area contributed by atoms with Crippen molar-refractivity contribution in [2.24, 2.45) is 5.92 Å².